The van der Waals surface area contributed by atoms with Crippen molar-refractivity contribution in [3.05, 3.63) is 0 Å². The van der Waals surface area contributed by atoms with E-state index in [0.29, 0.717) is 0 Å². The summed E-state index contributed by atoms with van der Waals surface area (Å²) >= 11 is 0. The Morgan fingerprint density at radius 1 is 1.56 bits per heavy atom. The molecule has 0 unspecified atom stereocenters. The lowest BCUT2D eigenvalue weighted by Crippen LogP contribution is -2.52. The third-order valence-electron chi connectivity index (χ3n) is 2.68. The van der Waals surface area contributed by atoms with Crippen LogP contribution in [0.1, 0.15) is 20.3 Å². The van der Waals surface area contributed by atoms with Gasteiger partial charge in [-0.15, -0.1) is 0 Å². The number of carboxylic acids is 1. The molecule has 0 amide bonds. The Labute approximate surface area is 92.2 Å². The number of halogens is 2. The van der Waals surface area contributed by atoms with Gasteiger partial charge in [0.25, 0.3) is 0 Å². The van der Waals surface area contributed by atoms with Gasteiger partial charge in [0.05, 0.1) is 12.0 Å². The number of carboxylic acid groups (broad SMARTS) is 1. The minimum Gasteiger partial charge on any atom is -0.481 e. The molecular formula is C10H15F2NO3. The molecule has 1 fully saturated rings. The first-order valence-electron chi connectivity index (χ1n) is 5.02. The van der Waals surface area contributed by atoms with E-state index in [1.807, 2.05) is 0 Å². The molecule has 1 rings (SSSR count). The lowest BCUT2D eigenvalue weighted by Gasteiger charge is -2.35. The Morgan fingerprint density at radius 3 is 2.56 bits per heavy atom. The maximum atomic E-state index is 13.1. The van der Waals surface area contributed by atoms with Gasteiger partial charge in [-0.05, 0) is 13.8 Å². The van der Waals surface area contributed by atoms with Crippen LogP contribution in [0.2, 0.25) is 0 Å². The first-order chi connectivity index (χ1) is 7.15. The highest BCUT2D eigenvalue weighted by atomic mass is 19.3. The second-order valence-corrected chi connectivity index (χ2v) is 4.78. The number of carbonyl (C=O) groups is 2. The fraction of sp³-hybridized carbons (Fsp3) is 0.800. The monoisotopic (exact) mass is 235 g/mol. The molecule has 92 valence electrons. The minimum atomic E-state index is -3.34. The number of rotatable bonds is 3. The topological polar surface area (TPSA) is 57.6 Å². The molecule has 0 aromatic heterocycles. The van der Waals surface area contributed by atoms with Crippen LogP contribution in [0.15, 0.2) is 0 Å². The predicted octanol–water partition coefficient (Wildman–Crippen LogP) is 1.01. The van der Waals surface area contributed by atoms with E-state index in [4.69, 9.17) is 5.11 Å². The van der Waals surface area contributed by atoms with Crippen LogP contribution in [-0.4, -0.2) is 47.3 Å². The zero-order valence-corrected chi connectivity index (χ0v) is 9.30. The van der Waals surface area contributed by atoms with Crippen LogP contribution in [0.25, 0.3) is 0 Å². The largest absolute Gasteiger partial charge is 0.481 e. The van der Waals surface area contributed by atoms with E-state index in [1.54, 1.807) is 0 Å². The van der Waals surface area contributed by atoms with Crippen LogP contribution in [-0.2, 0) is 9.59 Å². The van der Waals surface area contributed by atoms with E-state index >= 15 is 0 Å². The Balaban J connectivity index is 2.65. The number of aliphatic carboxylic acids is 1. The van der Waals surface area contributed by atoms with Crippen molar-refractivity contribution in [3.8, 4) is 0 Å². The summed E-state index contributed by atoms with van der Waals surface area (Å²) in [4.78, 5) is 23.0. The van der Waals surface area contributed by atoms with Gasteiger partial charge in [-0.25, -0.2) is 0 Å². The van der Waals surface area contributed by atoms with Crippen molar-refractivity contribution < 1.29 is 23.5 Å². The molecule has 1 saturated heterocycles. The van der Waals surface area contributed by atoms with Gasteiger partial charge in [-0.1, -0.05) is 0 Å². The number of hydrogen-bond donors (Lipinski definition) is 1. The smallest absolute Gasteiger partial charge is 0.317 e. The quantitative estimate of drug-likeness (QED) is 0.793. The molecular weight excluding hydrogens is 220 g/mol. The summed E-state index contributed by atoms with van der Waals surface area (Å²) in [6.45, 7) is 2.49. The molecule has 0 aromatic carbocycles. The van der Waals surface area contributed by atoms with Crippen LogP contribution in [0.3, 0.4) is 0 Å². The van der Waals surface area contributed by atoms with Crippen molar-refractivity contribution in [2.45, 2.75) is 26.2 Å². The second kappa shape index (κ2) is 4.08. The fourth-order valence-corrected chi connectivity index (χ4v) is 1.65. The Bertz CT molecular complexity index is 315. The summed E-state index contributed by atoms with van der Waals surface area (Å²) in [5, 5.41) is 8.87. The van der Waals surface area contributed by atoms with Crippen molar-refractivity contribution >= 4 is 11.8 Å². The first-order valence-corrected chi connectivity index (χ1v) is 5.02. The minimum absolute atomic E-state index is 0.0191. The Morgan fingerprint density at radius 2 is 2.12 bits per heavy atom. The van der Waals surface area contributed by atoms with Crippen LogP contribution >= 0.6 is 0 Å². The maximum absolute atomic E-state index is 13.1. The molecule has 0 atom stereocenters. The molecule has 0 radical (unpaired) electrons. The van der Waals surface area contributed by atoms with Gasteiger partial charge in [-0.3, -0.25) is 14.5 Å². The lowest BCUT2D eigenvalue weighted by molar-refractivity contribution is -0.156. The fourth-order valence-electron chi connectivity index (χ4n) is 1.65. The molecule has 0 aliphatic carbocycles. The zero-order chi connectivity index (χ0) is 12.6. The third-order valence-corrected chi connectivity index (χ3v) is 2.68. The van der Waals surface area contributed by atoms with E-state index in [2.05, 4.69) is 0 Å². The average molecular weight is 235 g/mol. The molecule has 1 aliphatic rings. The lowest BCUT2D eigenvalue weighted by atomic mass is 9.91. The summed E-state index contributed by atoms with van der Waals surface area (Å²) in [5.41, 5.74) is -1.09. The van der Waals surface area contributed by atoms with Gasteiger partial charge in [0.15, 0.2) is 0 Å². The first kappa shape index (κ1) is 13.0. The molecule has 4 nitrogen and oxygen atoms in total. The zero-order valence-electron chi connectivity index (χ0n) is 9.30. The molecule has 0 bridgehead atoms. The van der Waals surface area contributed by atoms with Crippen molar-refractivity contribution in [2.75, 3.05) is 19.6 Å². The number of ketones is 1. The molecule has 1 aliphatic heterocycles. The van der Waals surface area contributed by atoms with E-state index < -0.39 is 29.6 Å². The highest BCUT2D eigenvalue weighted by Gasteiger charge is 2.45. The summed E-state index contributed by atoms with van der Waals surface area (Å²) in [6, 6.07) is 0. The normalized spacial score (nSPS) is 22.1. The van der Waals surface area contributed by atoms with Crippen LogP contribution in [0.4, 0.5) is 8.78 Å². The van der Waals surface area contributed by atoms with Gasteiger partial charge < -0.3 is 5.11 Å². The van der Waals surface area contributed by atoms with E-state index in [1.165, 1.54) is 18.7 Å². The van der Waals surface area contributed by atoms with Crippen LogP contribution in [0, 0.1) is 5.41 Å². The molecule has 1 N–H and O–H groups in total. The Hall–Kier alpha value is -1.04. The van der Waals surface area contributed by atoms with Crippen molar-refractivity contribution in [2.24, 2.45) is 5.41 Å². The molecule has 0 saturated carbocycles. The molecule has 16 heavy (non-hydrogen) atoms. The summed E-state index contributed by atoms with van der Waals surface area (Å²) in [6.07, 6.45) is -0.220. The SMILES string of the molecule is CC(C)(CN1CCC(=O)C(F)(F)C1)C(=O)O. The summed E-state index contributed by atoms with van der Waals surface area (Å²) in [5.74, 6) is -5.43. The molecule has 0 aromatic rings. The molecule has 0 spiro atoms. The van der Waals surface area contributed by atoms with Crippen LogP contribution in [0.5, 0.6) is 0 Å². The summed E-state index contributed by atoms with van der Waals surface area (Å²) in [7, 11) is 0. The van der Waals surface area contributed by atoms with Crippen molar-refractivity contribution in [1.82, 2.24) is 4.90 Å². The maximum Gasteiger partial charge on any atom is 0.317 e. The number of Topliss-reactive ketones (excluding diaryl/α,β-unsaturated/α-hetero) is 1. The van der Waals surface area contributed by atoms with Gasteiger partial charge in [0.1, 0.15) is 0 Å². The van der Waals surface area contributed by atoms with Crippen molar-refractivity contribution in [1.29, 1.82) is 0 Å². The number of hydrogen-bond acceptors (Lipinski definition) is 3. The summed E-state index contributed by atoms with van der Waals surface area (Å²) < 4.78 is 26.2. The van der Waals surface area contributed by atoms with E-state index in [-0.39, 0.29) is 19.5 Å². The third kappa shape index (κ3) is 2.75. The van der Waals surface area contributed by atoms with Gasteiger partial charge in [0.2, 0.25) is 5.78 Å². The van der Waals surface area contributed by atoms with Gasteiger partial charge in [-0.2, -0.15) is 8.78 Å². The Kier molecular flexibility index (Phi) is 3.33. The standard InChI is InChI=1S/C10H15F2NO3/c1-9(2,8(15)16)5-13-4-3-7(14)10(11,12)6-13/h3-6H2,1-2H3,(H,15,16). The predicted molar refractivity (Wildman–Crippen MR) is 52.4 cm³/mol. The molecule has 6 heteroatoms. The highest BCUT2D eigenvalue weighted by Crippen LogP contribution is 2.26. The van der Waals surface area contributed by atoms with Crippen molar-refractivity contribution in [3.63, 3.8) is 0 Å². The number of likely N-dealkylation sites (tertiary alicyclic amines) is 1. The van der Waals surface area contributed by atoms with Crippen LogP contribution < -0.4 is 0 Å². The second-order valence-electron chi connectivity index (χ2n) is 4.78. The van der Waals surface area contributed by atoms with Gasteiger partial charge in [0, 0.05) is 19.5 Å². The number of carbonyl (C=O) groups excluding carboxylic acids is 1. The highest BCUT2D eigenvalue weighted by molar-refractivity contribution is 5.86. The number of alkyl halides is 2. The molecule has 1 heterocycles. The number of nitrogens with zero attached hydrogens (tertiary/aromatic N) is 1. The van der Waals surface area contributed by atoms with Gasteiger partial charge >= 0.3 is 11.9 Å². The average Bonchev–Trinajstić information content (AvgIpc) is 2.10. The van der Waals surface area contributed by atoms with E-state index in [0.717, 1.165) is 0 Å². The number of piperidine rings is 1. The van der Waals surface area contributed by atoms with E-state index in [9.17, 15) is 18.4 Å².